The smallest absolute Gasteiger partial charge is 0.338 e. The normalized spacial score (nSPS) is 17.6. The second kappa shape index (κ2) is 10.1. The number of esters is 1. The summed E-state index contributed by atoms with van der Waals surface area (Å²) in [6.07, 6.45) is 2.62. The average molecular weight is 469 g/mol. The van der Waals surface area contributed by atoms with Gasteiger partial charge in [-0.3, -0.25) is 9.78 Å². The quantitative estimate of drug-likeness (QED) is 0.589. The Morgan fingerprint density at radius 3 is 2.84 bits per heavy atom. The summed E-state index contributed by atoms with van der Waals surface area (Å²) in [5, 5.41) is 7.66. The summed E-state index contributed by atoms with van der Waals surface area (Å²) in [4.78, 5) is 37.4. The van der Waals surface area contributed by atoms with Crippen molar-refractivity contribution in [2.75, 3.05) is 13.2 Å². The van der Waals surface area contributed by atoms with E-state index in [9.17, 15) is 9.59 Å². The van der Waals surface area contributed by atoms with Crippen molar-refractivity contribution in [1.82, 2.24) is 15.2 Å². The summed E-state index contributed by atoms with van der Waals surface area (Å²) in [6, 6.07) is 9.34. The first-order chi connectivity index (χ1) is 15.6. The third kappa shape index (κ3) is 4.78. The Hall–Kier alpha value is -2.91. The number of nitrogens with one attached hydrogen (secondary N) is 1. The van der Waals surface area contributed by atoms with E-state index in [0.29, 0.717) is 30.8 Å². The van der Waals surface area contributed by atoms with Gasteiger partial charge in [0.15, 0.2) is 5.17 Å². The Bertz CT molecular complexity index is 1080. The number of rotatable bonds is 8. The number of hydrogen-bond acceptors (Lipinski definition) is 8. The van der Waals surface area contributed by atoms with Crippen LogP contribution in [0.1, 0.15) is 36.9 Å². The van der Waals surface area contributed by atoms with E-state index < -0.39 is 0 Å². The van der Waals surface area contributed by atoms with Gasteiger partial charge in [0.1, 0.15) is 6.04 Å². The second-order valence-electron chi connectivity index (χ2n) is 7.23. The van der Waals surface area contributed by atoms with Gasteiger partial charge < -0.3 is 15.0 Å². The monoisotopic (exact) mass is 468 g/mol. The van der Waals surface area contributed by atoms with Gasteiger partial charge in [-0.15, -0.1) is 11.3 Å². The first kappa shape index (κ1) is 22.3. The van der Waals surface area contributed by atoms with E-state index in [1.54, 1.807) is 24.5 Å². The summed E-state index contributed by atoms with van der Waals surface area (Å²) in [7, 11) is 0. The van der Waals surface area contributed by atoms with Crippen molar-refractivity contribution in [3.63, 3.8) is 0 Å². The molecule has 0 fully saturated rings. The number of amidine groups is 1. The molecule has 0 saturated carbocycles. The molecule has 0 radical (unpaired) electrons. The van der Waals surface area contributed by atoms with E-state index >= 15 is 0 Å². The molecule has 0 aliphatic carbocycles. The zero-order chi connectivity index (χ0) is 22.5. The lowest BCUT2D eigenvalue weighted by Gasteiger charge is -2.35. The molecule has 2 aliphatic rings. The molecule has 1 amide bonds. The molecule has 0 unspecified atom stereocenters. The molecule has 0 spiro atoms. The molecule has 0 saturated heterocycles. The number of aromatic nitrogens is 1. The lowest BCUT2D eigenvalue weighted by molar-refractivity contribution is -0.139. The first-order valence-corrected chi connectivity index (χ1v) is 12.2. The molecule has 4 heterocycles. The molecule has 0 aromatic carbocycles. The van der Waals surface area contributed by atoms with Crippen molar-refractivity contribution in [3.05, 3.63) is 74.9 Å². The van der Waals surface area contributed by atoms with Crippen LogP contribution in [-0.2, 0) is 20.7 Å². The van der Waals surface area contributed by atoms with Crippen molar-refractivity contribution in [3.8, 4) is 0 Å². The van der Waals surface area contributed by atoms with E-state index in [4.69, 9.17) is 4.74 Å². The summed E-state index contributed by atoms with van der Waals surface area (Å²) in [5.74, 6) is -0.454. The van der Waals surface area contributed by atoms with Gasteiger partial charge in [-0.25, -0.2) is 9.79 Å². The Kier molecular flexibility index (Phi) is 7.06. The number of carbonyl (C=O) groups is 2. The number of nitrogens with zero attached hydrogens (tertiary/aromatic N) is 3. The number of pyridine rings is 1. The molecular formula is C23H24N4O3S2. The maximum atomic E-state index is 12.8. The number of thiophene rings is 1. The van der Waals surface area contributed by atoms with Gasteiger partial charge in [-0.05, 0) is 42.8 Å². The lowest BCUT2D eigenvalue weighted by Crippen LogP contribution is -2.37. The van der Waals surface area contributed by atoms with Crippen molar-refractivity contribution >= 4 is 40.1 Å². The minimum Gasteiger partial charge on any atom is -0.463 e. The number of thioether (sulfide) groups is 1. The van der Waals surface area contributed by atoms with Crippen LogP contribution in [0.4, 0.5) is 0 Å². The standard InChI is InChI=1S/C23H24N4O3S2/c1-3-30-22(29)20-15(2)26-23-27(21(20)18-8-6-12-31-18)17(14-32-23)13-19(28)25-11-9-16-7-4-5-10-24-16/h4-8,10,12,14,21H,3,9,11,13H2,1-2H3,(H,25,28)/t21-/m1/s1. The topological polar surface area (TPSA) is 83.9 Å². The highest BCUT2D eigenvalue weighted by Crippen LogP contribution is 2.45. The van der Waals surface area contributed by atoms with Crippen LogP contribution in [-0.4, -0.2) is 40.1 Å². The molecular weight excluding hydrogens is 444 g/mol. The summed E-state index contributed by atoms with van der Waals surface area (Å²) in [5.41, 5.74) is 2.92. The largest absolute Gasteiger partial charge is 0.463 e. The summed E-state index contributed by atoms with van der Waals surface area (Å²) < 4.78 is 5.34. The van der Waals surface area contributed by atoms with Crippen LogP contribution in [0.15, 0.2) is 69.3 Å². The Labute approximate surface area is 195 Å². The molecule has 7 nitrogen and oxygen atoms in total. The number of ether oxygens (including phenoxy) is 1. The van der Waals surface area contributed by atoms with Gasteiger partial charge in [-0.2, -0.15) is 0 Å². The Morgan fingerprint density at radius 1 is 1.25 bits per heavy atom. The van der Waals surface area contributed by atoms with Crippen LogP contribution in [0.25, 0.3) is 0 Å². The highest BCUT2D eigenvalue weighted by atomic mass is 32.2. The molecule has 2 aliphatic heterocycles. The van der Waals surface area contributed by atoms with E-state index in [1.807, 2.05) is 52.9 Å². The average Bonchev–Trinajstić information content (AvgIpc) is 3.44. The maximum Gasteiger partial charge on any atom is 0.338 e. The van der Waals surface area contributed by atoms with Crippen LogP contribution < -0.4 is 5.32 Å². The number of hydrogen-bond donors (Lipinski definition) is 1. The van der Waals surface area contributed by atoms with Gasteiger partial charge in [0, 0.05) is 35.4 Å². The van der Waals surface area contributed by atoms with Gasteiger partial charge >= 0.3 is 5.97 Å². The molecule has 32 heavy (non-hydrogen) atoms. The molecule has 2 aromatic rings. The van der Waals surface area contributed by atoms with Crippen molar-refractivity contribution in [2.24, 2.45) is 4.99 Å². The van der Waals surface area contributed by atoms with Crippen molar-refractivity contribution in [1.29, 1.82) is 0 Å². The zero-order valence-electron chi connectivity index (χ0n) is 17.9. The fraction of sp³-hybridized carbons (Fsp3) is 0.304. The minimum atomic E-state index is -0.373. The molecule has 0 bridgehead atoms. The van der Waals surface area contributed by atoms with Crippen LogP contribution in [0.3, 0.4) is 0 Å². The number of carbonyl (C=O) groups excluding carboxylic acids is 2. The fourth-order valence-electron chi connectivity index (χ4n) is 3.66. The number of aliphatic imine (C=N–C) groups is 1. The van der Waals surface area contributed by atoms with E-state index in [1.165, 1.54) is 11.8 Å². The van der Waals surface area contributed by atoms with E-state index in [0.717, 1.165) is 21.4 Å². The second-order valence-corrected chi connectivity index (χ2v) is 9.04. The highest BCUT2D eigenvalue weighted by molar-refractivity contribution is 8.16. The lowest BCUT2D eigenvalue weighted by atomic mass is 9.99. The Balaban J connectivity index is 1.50. The van der Waals surface area contributed by atoms with Gasteiger partial charge in [-0.1, -0.05) is 23.9 Å². The van der Waals surface area contributed by atoms with Crippen LogP contribution >= 0.6 is 23.1 Å². The number of fused-ring (bicyclic) bond motifs is 1. The van der Waals surface area contributed by atoms with Gasteiger partial charge in [0.2, 0.25) is 5.91 Å². The summed E-state index contributed by atoms with van der Waals surface area (Å²) in [6.45, 7) is 4.43. The van der Waals surface area contributed by atoms with E-state index in [-0.39, 0.29) is 24.3 Å². The van der Waals surface area contributed by atoms with Crippen LogP contribution in [0.2, 0.25) is 0 Å². The third-order valence-corrected chi connectivity index (χ3v) is 6.89. The fourth-order valence-corrected chi connectivity index (χ4v) is 5.45. The number of allylic oxidation sites excluding steroid dienone is 1. The van der Waals surface area contributed by atoms with Crippen LogP contribution in [0.5, 0.6) is 0 Å². The maximum absolute atomic E-state index is 12.8. The predicted molar refractivity (Wildman–Crippen MR) is 127 cm³/mol. The highest BCUT2D eigenvalue weighted by Gasteiger charge is 2.41. The summed E-state index contributed by atoms with van der Waals surface area (Å²) >= 11 is 3.04. The number of amides is 1. The minimum absolute atomic E-state index is 0.0806. The van der Waals surface area contributed by atoms with E-state index in [2.05, 4.69) is 15.3 Å². The molecule has 9 heteroatoms. The predicted octanol–water partition coefficient (Wildman–Crippen LogP) is 4.03. The van der Waals surface area contributed by atoms with Crippen molar-refractivity contribution < 1.29 is 14.3 Å². The molecule has 2 aromatic heterocycles. The van der Waals surface area contributed by atoms with Crippen LogP contribution in [0, 0.1) is 0 Å². The van der Waals surface area contributed by atoms with Gasteiger partial charge in [0.25, 0.3) is 0 Å². The molecule has 1 N–H and O–H groups in total. The first-order valence-electron chi connectivity index (χ1n) is 10.4. The SMILES string of the molecule is CCOC(=O)C1=C(C)N=C2SC=C(CC(=O)NCCc3ccccn3)N2[C@@H]1c1cccs1. The van der Waals surface area contributed by atoms with Gasteiger partial charge in [0.05, 0.1) is 24.3 Å². The molecule has 1 atom stereocenters. The Morgan fingerprint density at radius 2 is 2.12 bits per heavy atom. The zero-order valence-corrected chi connectivity index (χ0v) is 19.5. The third-order valence-electron chi connectivity index (χ3n) is 5.08. The molecule has 166 valence electrons. The molecule has 4 rings (SSSR count). The van der Waals surface area contributed by atoms with Crippen molar-refractivity contribution in [2.45, 2.75) is 32.7 Å².